The van der Waals surface area contributed by atoms with Crippen molar-refractivity contribution >= 4 is 17.9 Å². The summed E-state index contributed by atoms with van der Waals surface area (Å²) in [4.78, 5) is 34.4. The van der Waals surface area contributed by atoms with Crippen LogP contribution in [0.3, 0.4) is 0 Å². The molecule has 7 nitrogen and oxygen atoms in total. The molecule has 3 amide bonds. The van der Waals surface area contributed by atoms with Crippen LogP contribution in [0, 0.1) is 0 Å². The lowest BCUT2D eigenvalue weighted by atomic mass is 10.2. The van der Waals surface area contributed by atoms with Crippen molar-refractivity contribution in [3.8, 4) is 0 Å². The Kier molecular flexibility index (Phi) is 6.77. The van der Waals surface area contributed by atoms with Gasteiger partial charge in [0.1, 0.15) is 6.54 Å². The van der Waals surface area contributed by atoms with Gasteiger partial charge in [0.15, 0.2) is 0 Å². The molecule has 0 aliphatic heterocycles. The van der Waals surface area contributed by atoms with E-state index < -0.39 is 17.9 Å². The van der Waals surface area contributed by atoms with Crippen LogP contribution in [0.25, 0.3) is 0 Å². The van der Waals surface area contributed by atoms with E-state index in [0.717, 1.165) is 0 Å². The maximum absolute atomic E-state index is 11.8. The summed E-state index contributed by atoms with van der Waals surface area (Å²) >= 11 is 0. The van der Waals surface area contributed by atoms with Gasteiger partial charge in [0, 0.05) is 18.5 Å². The molecule has 7 heteroatoms. The molecule has 18 heavy (non-hydrogen) atoms. The number of nitrogens with zero attached hydrogens (tertiary/aromatic N) is 1. The van der Waals surface area contributed by atoms with E-state index in [1.54, 1.807) is 20.8 Å². The SMILES string of the molecule is CC(CCC(=O)O)NC(=O)N(CC(N)=O)C(C)C. The highest BCUT2D eigenvalue weighted by molar-refractivity contribution is 5.83. The molecular formula is C11H21N3O4. The van der Waals surface area contributed by atoms with E-state index in [1.807, 2.05) is 0 Å². The number of carboxylic acids is 1. The monoisotopic (exact) mass is 259 g/mol. The van der Waals surface area contributed by atoms with E-state index in [-0.39, 0.29) is 25.0 Å². The number of hydrogen-bond donors (Lipinski definition) is 3. The highest BCUT2D eigenvalue weighted by Gasteiger charge is 2.20. The van der Waals surface area contributed by atoms with Gasteiger partial charge in [-0.3, -0.25) is 9.59 Å². The first-order valence-electron chi connectivity index (χ1n) is 5.81. The highest BCUT2D eigenvalue weighted by atomic mass is 16.4. The number of carboxylic acid groups (broad SMARTS) is 1. The summed E-state index contributed by atoms with van der Waals surface area (Å²) in [5.41, 5.74) is 5.06. The van der Waals surface area contributed by atoms with Gasteiger partial charge < -0.3 is 21.1 Å². The number of urea groups is 1. The Morgan fingerprint density at radius 3 is 2.22 bits per heavy atom. The summed E-state index contributed by atoms with van der Waals surface area (Å²) in [6.45, 7) is 5.09. The number of hydrogen-bond acceptors (Lipinski definition) is 3. The fourth-order valence-electron chi connectivity index (χ4n) is 1.36. The van der Waals surface area contributed by atoms with E-state index in [1.165, 1.54) is 4.90 Å². The number of aliphatic carboxylic acids is 1. The molecule has 0 aromatic heterocycles. The Bertz CT molecular complexity index is 317. The van der Waals surface area contributed by atoms with Crippen LogP contribution in [0.15, 0.2) is 0 Å². The summed E-state index contributed by atoms with van der Waals surface area (Å²) < 4.78 is 0. The van der Waals surface area contributed by atoms with Crippen molar-refractivity contribution in [1.82, 2.24) is 10.2 Å². The van der Waals surface area contributed by atoms with Crippen molar-refractivity contribution in [1.29, 1.82) is 0 Å². The number of carbonyl (C=O) groups is 3. The molecule has 1 unspecified atom stereocenters. The molecular weight excluding hydrogens is 238 g/mol. The Labute approximate surface area is 106 Å². The molecule has 0 aromatic rings. The molecule has 104 valence electrons. The number of primary amides is 1. The Balaban J connectivity index is 4.32. The van der Waals surface area contributed by atoms with Gasteiger partial charge in [-0.15, -0.1) is 0 Å². The predicted molar refractivity (Wildman–Crippen MR) is 65.9 cm³/mol. The summed E-state index contributed by atoms with van der Waals surface area (Å²) in [5, 5.41) is 11.2. The third-order valence-corrected chi connectivity index (χ3v) is 2.37. The van der Waals surface area contributed by atoms with Crippen molar-refractivity contribution in [2.75, 3.05) is 6.54 Å². The van der Waals surface area contributed by atoms with Crippen LogP contribution >= 0.6 is 0 Å². The van der Waals surface area contributed by atoms with Crippen LogP contribution in [-0.4, -0.2) is 46.5 Å². The van der Waals surface area contributed by atoms with E-state index in [0.29, 0.717) is 6.42 Å². The largest absolute Gasteiger partial charge is 0.481 e. The van der Waals surface area contributed by atoms with E-state index >= 15 is 0 Å². The second kappa shape index (κ2) is 7.52. The Morgan fingerprint density at radius 2 is 1.83 bits per heavy atom. The van der Waals surface area contributed by atoms with Gasteiger partial charge >= 0.3 is 12.0 Å². The smallest absolute Gasteiger partial charge is 0.318 e. The van der Waals surface area contributed by atoms with E-state index in [4.69, 9.17) is 10.8 Å². The summed E-state index contributed by atoms with van der Waals surface area (Å²) in [6.07, 6.45) is 0.322. The third-order valence-electron chi connectivity index (χ3n) is 2.37. The maximum atomic E-state index is 11.8. The van der Waals surface area contributed by atoms with Gasteiger partial charge in [0.25, 0.3) is 0 Å². The number of rotatable bonds is 7. The molecule has 0 saturated carbocycles. The summed E-state index contributed by atoms with van der Waals surface area (Å²) in [6, 6.07) is -0.853. The first-order chi connectivity index (χ1) is 8.23. The number of nitrogens with one attached hydrogen (secondary N) is 1. The van der Waals surface area contributed by atoms with Crippen LogP contribution in [0.5, 0.6) is 0 Å². The van der Waals surface area contributed by atoms with Crippen LogP contribution in [0.4, 0.5) is 4.79 Å². The molecule has 4 N–H and O–H groups in total. The molecule has 0 aliphatic rings. The average molecular weight is 259 g/mol. The zero-order valence-electron chi connectivity index (χ0n) is 11.0. The standard InChI is InChI=1S/C11H21N3O4/c1-7(2)14(6-9(12)15)11(18)13-8(3)4-5-10(16)17/h7-8H,4-6H2,1-3H3,(H2,12,15)(H,13,18)(H,16,17). The normalized spacial score (nSPS) is 12.0. The number of nitrogens with two attached hydrogens (primary N) is 1. The van der Waals surface area contributed by atoms with Crippen LogP contribution in [0.2, 0.25) is 0 Å². The quantitative estimate of drug-likeness (QED) is 0.603. The van der Waals surface area contributed by atoms with Crippen LogP contribution < -0.4 is 11.1 Å². The zero-order chi connectivity index (χ0) is 14.3. The second-order valence-electron chi connectivity index (χ2n) is 4.47. The molecule has 1 atom stereocenters. The van der Waals surface area contributed by atoms with E-state index in [2.05, 4.69) is 5.32 Å². The maximum Gasteiger partial charge on any atom is 0.318 e. The minimum absolute atomic E-state index is 0.0149. The molecule has 0 bridgehead atoms. The number of amides is 3. The average Bonchev–Trinajstić information content (AvgIpc) is 2.22. The summed E-state index contributed by atoms with van der Waals surface area (Å²) in [7, 11) is 0. The molecule has 0 heterocycles. The predicted octanol–water partition coefficient (Wildman–Crippen LogP) is 0.145. The highest BCUT2D eigenvalue weighted by Crippen LogP contribution is 2.02. The van der Waals surface area contributed by atoms with Crippen molar-refractivity contribution in [3.05, 3.63) is 0 Å². The minimum atomic E-state index is -0.908. The van der Waals surface area contributed by atoms with Crippen molar-refractivity contribution in [2.24, 2.45) is 5.73 Å². The first kappa shape index (κ1) is 16.2. The van der Waals surface area contributed by atoms with Gasteiger partial charge in [0.05, 0.1) is 0 Å². The van der Waals surface area contributed by atoms with E-state index in [9.17, 15) is 14.4 Å². The zero-order valence-corrected chi connectivity index (χ0v) is 11.0. The first-order valence-corrected chi connectivity index (χ1v) is 5.81. The lowest BCUT2D eigenvalue weighted by Crippen LogP contribution is -2.50. The topological polar surface area (TPSA) is 113 Å². The minimum Gasteiger partial charge on any atom is -0.481 e. The van der Waals surface area contributed by atoms with Gasteiger partial charge in [-0.05, 0) is 27.2 Å². The molecule has 0 radical (unpaired) electrons. The molecule has 0 rings (SSSR count). The number of carbonyl (C=O) groups excluding carboxylic acids is 2. The van der Waals surface area contributed by atoms with Crippen molar-refractivity contribution in [2.45, 2.75) is 45.7 Å². The fourth-order valence-corrected chi connectivity index (χ4v) is 1.36. The van der Waals surface area contributed by atoms with Crippen LogP contribution in [-0.2, 0) is 9.59 Å². The Hall–Kier alpha value is -1.79. The van der Waals surface area contributed by atoms with Gasteiger partial charge in [-0.25, -0.2) is 4.79 Å². The Morgan fingerprint density at radius 1 is 1.28 bits per heavy atom. The van der Waals surface area contributed by atoms with Crippen molar-refractivity contribution < 1.29 is 19.5 Å². The van der Waals surface area contributed by atoms with Gasteiger partial charge in [-0.2, -0.15) is 0 Å². The fraction of sp³-hybridized carbons (Fsp3) is 0.727. The lowest BCUT2D eigenvalue weighted by Gasteiger charge is -2.27. The molecule has 0 spiro atoms. The lowest BCUT2D eigenvalue weighted by molar-refractivity contribution is -0.137. The van der Waals surface area contributed by atoms with Crippen molar-refractivity contribution in [3.63, 3.8) is 0 Å². The molecule has 0 fully saturated rings. The van der Waals surface area contributed by atoms with Crippen LogP contribution in [0.1, 0.15) is 33.6 Å². The second-order valence-corrected chi connectivity index (χ2v) is 4.47. The summed E-state index contributed by atoms with van der Waals surface area (Å²) in [5.74, 6) is -1.49. The third kappa shape index (κ3) is 6.72. The van der Waals surface area contributed by atoms with Gasteiger partial charge in [0.2, 0.25) is 5.91 Å². The molecule has 0 aromatic carbocycles. The molecule has 0 aliphatic carbocycles. The van der Waals surface area contributed by atoms with Gasteiger partial charge in [-0.1, -0.05) is 0 Å². The molecule has 0 saturated heterocycles.